The predicted octanol–water partition coefficient (Wildman–Crippen LogP) is 2.77. The second-order valence-corrected chi connectivity index (χ2v) is 5.61. The molecule has 0 amide bonds. The maximum atomic E-state index is 10.7. The Balaban J connectivity index is 1.70. The molecule has 10 heteroatoms. The Bertz CT molecular complexity index is 673. The zero-order chi connectivity index (χ0) is 17.7. The fraction of sp³-hybridized carbons (Fsp3) is 0.571. The van der Waals surface area contributed by atoms with Crippen molar-refractivity contribution in [2.45, 2.75) is 52.6 Å². The number of nitrogens with zero attached hydrogens (tertiary/aromatic N) is 6. The van der Waals surface area contributed by atoms with Crippen LogP contribution in [0.4, 0.5) is 11.6 Å². The molecule has 0 aliphatic rings. The lowest BCUT2D eigenvalue weighted by molar-refractivity contribution is -0.389. The molecule has 130 valence electrons. The van der Waals surface area contributed by atoms with Crippen LogP contribution >= 0.6 is 0 Å². The molecule has 2 heterocycles. The molecule has 24 heavy (non-hydrogen) atoms. The molecular weight excluding hydrogens is 316 g/mol. The highest BCUT2D eigenvalue weighted by Crippen LogP contribution is 2.14. The summed E-state index contributed by atoms with van der Waals surface area (Å²) in [4.78, 5) is 28.1. The van der Waals surface area contributed by atoms with Gasteiger partial charge in [0.15, 0.2) is 0 Å². The number of unbranched alkanes of at least 4 members (excludes halogenated alkanes) is 3. The number of aromatic nitrogens is 4. The molecule has 0 radical (unpaired) electrons. The standard InChI is InChI=1S/C14H20N6O4/c1-11-15-13(19(21)22)9-17(11)7-5-3-4-6-8-18-10-14(20(23)24)16-12(18)2/h9-10H,3-8H2,1-2H3. The van der Waals surface area contributed by atoms with Crippen LogP contribution in [-0.2, 0) is 13.1 Å². The lowest BCUT2D eigenvalue weighted by Gasteiger charge is -2.04. The largest absolute Gasteiger partial charge is 0.381 e. The summed E-state index contributed by atoms with van der Waals surface area (Å²) < 4.78 is 3.59. The number of hydrogen-bond acceptors (Lipinski definition) is 6. The SMILES string of the molecule is Cc1nc([N+](=O)[O-])cn1CCCCCCn1cc([N+](=O)[O-])nc1C. The molecule has 0 unspecified atom stereocenters. The van der Waals surface area contributed by atoms with E-state index in [0.29, 0.717) is 24.7 Å². The van der Waals surface area contributed by atoms with Gasteiger partial charge in [0.1, 0.15) is 12.4 Å². The van der Waals surface area contributed by atoms with E-state index in [1.807, 2.05) is 0 Å². The molecule has 0 aromatic carbocycles. The monoisotopic (exact) mass is 336 g/mol. The highest BCUT2D eigenvalue weighted by molar-refractivity contribution is 5.17. The zero-order valence-corrected chi connectivity index (χ0v) is 13.7. The molecule has 10 nitrogen and oxygen atoms in total. The van der Waals surface area contributed by atoms with Crippen molar-refractivity contribution < 1.29 is 9.85 Å². The number of nitro groups is 2. The van der Waals surface area contributed by atoms with Gasteiger partial charge >= 0.3 is 11.6 Å². The Labute approximate surface area is 138 Å². The molecular formula is C14H20N6O4. The third-order valence-corrected chi connectivity index (χ3v) is 3.85. The third-order valence-electron chi connectivity index (χ3n) is 3.85. The summed E-state index contributed by atoms with van der Waals surface area (Å²) in [5.41, 5.74) is 0. The topological polar surface area (TPSA) is 122 Å². The van der Waals surface area contributed by atoms with Crippen molar-refractivity contribution in [1.29, 1.82) is 0 Å². The Morgan fingerprint density at radius 3 is 1.50 bits per heavy atom. The van der Waals surface area contributed by atoms with Gasteiger partial charge in [-0.2, -0.15) is 0 Å². The summed E-state index contributed by atoms with van der Waals surface area (Å²) >= 11 is 0. The summed E-state index contributed by atoms with van der Waals surface area (Å²) in [5, 5.41) is 21.3. The first-order chi connectivity index (χ1) is 11.4. The first-order valence-electron chi connectivity index (χ1n) is 7.75. The van der Waals surface area contributed by atoms with Crippen LogP contribution < -0.4 is 0 Å². The van der Waals surface area contributed by atoms with Crippen molar-refractivity contribution in [3.05, 3.63) is 44.3 Å². The smallest absolute Gasteiger partial charge is 0.358 e. The van der Waals surface area contributed by atoms with Gasteiger partial charge in [-0.15, -0.1) is 0 Å². The van der Waals surface area contributed by atoms with Crippen LogP contribution in [-0.4, -0.2) is 28.9 Å². The van der Waals surface area contributed by atoms with Gasteiger partial charge in [0, 0.05) is 26.9 Å². The van der Waals surface area contributed by atoms with Crippen LogP contribution in [0.15, 0.2) is 12.4 Å². The molecule has 0 spiro atoms. The molecule has 0 bridgehead atoms. The highest BCUT2D eigenvalue weighted by atomic mass is 16.6. The first-order valence-corrected chi connectivity index (χ1v) is 7.75. The lowest BCUT2D eigenvalue weighted by Crippen LogP contribution is -2.01. The van der Waals surface area contributed by atoms with Crippen molar-refractivity contribution in [3.8, 4) is 0 Å². The molecule has 0 atom stereocenters. The van der Waals surface area contributed by atoms with E-state index in [9.17, 15) is 20.2 Å². The van der Waals surface area contributed by atoms with Crippen LogP contribution in [0, 0.1) is 34.1 Å². The van der Waals surface area contributed by atoms with Crippen LogP contribution in [0.25, 0.3) is 0 Å². The van der Waals surface area contributed by atoms with Crippen molar-refractivity contribution in [2.24, 2.45) is 0 Å². The summed E-state index contributed by atoms with van der Waals surface area (Å²) in [6.45, 7) is 4.90. The molecule has 2 aromatic heterocycles. The maximum Gasteiger partial charge on any atom is 0.381 e. The number of hydrogen-bond donors (Lipinski definition) is 0. The quantitative estimate of drug-likeness (QED) is 0.394. The summed E-state index contributed by atoms with van der Waals surface area (Å²) in [6, 6.07) is 0. The fourth-order valence-electron chi connectivity index (χ4n) is 2.53. The van der Waals surface area contributed by atoms with Crippen molar-refractivity contribution in [1.82, 2.24) is 19.1 Å². The van der Waals surface area contributed by atoms with Gasteiger partial charge in [0.2, 0.25) is 11.6 Å². The molecule has 0 saturated heterocycles. The normalized spacial score (nSPS) is 10.9. The zero-order valence-electron chi connectivity index (χ0n) is 13.7. The first kappa shape index (κ1) is 17.6. The third kappa shape index (κ3) is 4.37. The van der Waals surface area contributed by atoms with Crippen LogP contribution in [0.3, 0.4) is 0 Å². The van der Waals surface area contributed by atoms with E-state index in [0.717, 1.165) is 25.7 Å². The number of imidazole rings is 2. The van der Waals surface area contributed by atoms with Crippen LogP contribution in [0.1, 0.15) is 37.3 Å². The van der Waals surface area contributed by atoms with Crippen molar-refractivity contribution in [3.63, 3.8) is 0 Å². The Morgan fingerprint density at radius 1 is 0.833 bits per heavy atom. The number of aryl methyl sites for hydroxylation is 4. The average Bonchev–Trinajstić information content (AvgIpc) is 3.07. The molecule has 0 N–H and O–H groups in total. The minimum absolute atomic E-state index is 0.121. The summed E-state index contributed by atoms with van der Waals surface area (Å²) in [6.07, 6.45) is 6.67. The number of rotatable bonds is 9. The van der Waals surface area contributed by atoms with Crippen LogP contribution in [0.2, 0.25) is 0 Å². The van der Waals surface area contributed by atoms with E-state index in [-0.39, 0.29) is 11.6 Å². The van der Waals surface area contributed by atoms with Crippen LogP contribution in [0.5, 0.6) is 0 Å². The van der Waals surface area contributed by atoms with Gasteiger partial charge in [-0.05, 0) is 32.7 Å². The fourth-order valence-corrected chi connectivity index (χ4v) is 2.53. The van der Waals surface area contributed by atoms with Gasteiger partial charge in [-0.25, -0.2) is 0 Å². The van der Waals surface area contributed by atoms with E-state index in [1.54, 1.807) is 23.0 Å². The molecule has 2 aromatic rings. The van der Waals surface area contributed by atoms with Gasteiger partial charge in [0.05, 0.1) is 0 Å². The van der Waals surface area contributed by atoms with Gasteiger partial charge < -0.3 is 29.4 Å². The molecule has 2 rings (SSSR count). The molecule has 0 fully saturated rings. The van der Waals surface area contributed by atoms with Crippen molar-refractivity contribution in [2.75, 3.05) is 0 Å². The summed E-state index contributed by atoms with van der Waals surface area (Å²) in [7, 11) is 0. The van der Waals surface area contributed by atoms with Gasteiger partial charge in [0.25, 0.3) is 0 Å². The molecule has 0 aliphatic carbocycles. The highest BCUT2D eigenvalue weighted by Gasteiger charge is 2.15. The predicted molar refractivity (Wildman–Crippen MR) is 85.7 cm³/mol. The van der Waals surface area contributed by atoms with E-state index < -0.39 is 9.85 Å². The maximum absolute atomic E-state index is 10.7. The van der Waals surface area contributed by atoms with E-state index in [4.69, 9.17) is 0 Å². The Morgan fingerprint density at radius 2 is 1.21 bits per heavy atom. The van der Waals surface area contributed by atoms with Gasteiger partial charge in [-0.3, -0.25) is 0 Å². The second kappa shape index (κ2) is 7.66. The minimum atomic E-state index is -0.490. The Kier molecular flexibility index (Phi) is 5.61. The average molecular weight is 336 g/mol. The summed E-state index contributed by atoms with van der Waals surface area (Å²) in [5.74, 6) is 1.04. The van der Waals surface area contributed by atoms with E-state index in [2.05, 4.69) is 9.97 Å². The molecule has 0 aliphatic heterocycles. The molecule has 0 saturated carbocycles. The van der Waals surface area contributed by atoms with Crippen molar-refractivity contribution >= 4 is 11.6 Å². The minimum Gasteiger partial charge on any atom is -0.358 e. The Hall–Kier alpha value is -2.78. The second-order valence-electron chi connectivity index (χ2n) is 5.61. The van der Waals surface area contributed by atoms with E-state index in [1.165, 1.54) is 12.4 Å². The lowest BCUT2D eigenvalue weighted by atomic mass is 10.2. The van der Waals surface area contributed by atoms with Gasteiger partial charge in [-0.1, -0.05) is 12.8 Å². The van der Waals surface area contributed by atoms with E-state index >= 15 is 0 Å².